The lowest BCUT2D eigenvalue weighted by Crippen LogP contribution is -2.38. The zero-order valence-corrected chi connectivity index (χ0v) is 20.1. The summed E-state index contributed by atoms with van der Waals surface area (Å²) >= 11 is 12.2. The van der Waals surface area contributed by atoms with Crippen molar-refractivity contribution in [2.24, 2.45) is 0 Å². The quantitative estimate of drug-likeness (QED) is 0.475. The fourth-order valence-electron chi connectivity index (χ4n) is 3.09. The maximum Gasteiger partial charge on any atom is 0.264 e. The van der Waals surface area contributed by atoms with Crippen molar-refractivity contribution >= 4 is 50.5 Å². The number of hydrogen-bond acceptors (Lipinski definition) is 4. The average molecular weight is 493 g/mol. The molecule has 0 aliphatic heterocycles. The highest BCUT2D eigenvalue weighted by molar-refractivity contribution is 7.92. The Morgan fingerprint density at radius 3 is 2.25 bits per heavy atom. The maximum atomic E-state index is 13.5. The number of ether oxygens (including phenoxy) is 1. The number of carbonyl (C=O) groups is 1. The minimum absolute atomic E-state index is 0.0654. The van der Waals surface area contributed by atoms with Gasteiger partial charge in [-0.3, -0.25) is 9.10 Å². The minimum atomic E-state index is -4.06. The number of halogens is 2. The van der Waals surface area contributed by atoms with Crippen molar-refractivity contribution in [3.63, 3.8) is 0 Å². The highest BCUT2D eigenvalue weighted by Crippen LogP contribution is 2.31. The van der Waals surface area contributed by atoms with Crippen molar-refractivity contribution in [2.75, 3.05) is 23.3 Å². The molecule has 0 aromatic heterocycles. The van der Waals surface area contributed by atoms with E-state index in [0.717, 1.165) is 9.87 Å². The summed E-state index contributed by atoms with van der Waals surface area (Å²) in [6.07, 6.45) is 0. The molecule has 168 valence electrons. The van der Waals surface area contributed by atoms with E-state index in [0.29, 0.717) is 32.7 Å². The van der Waals surface area contributed by atoms with E-state index >= 15 is 0 Å². The van der Waals surface area contributed by atoms with Gasteiger partial charge in [-0.05, 0) is 61.9 Å². The summed E-state index contributed by atoms with van der Waals surface area (Å²) in [6, 6.07) is 16.1. The SMILES string of the molecule is COc1ccc(Cl)cc1NC(=O)CN(c1cc(Cl)ccc1C)S(=O)(=O)c1ccc(C)cc1. The highest BCUT2D eigenvalue weighted by Gasteiger charge is 2.29. The van der Waals surface area contributed by atoms with Crippen molar-refractivity contribution in [1.82, 2.24) is 0 Å². The maximum absolute atomic E-state index is 13.5. The van der Waals surface area contributed by atoms with E-state index in [4.69, 9.17) is 27.9 Å². The summed E-state index contributed by atoms with van der Waals surface area (Å²) in [7, 11) is -2.60. The molecule has 0 heterocycles. The van der Waals surface area contributed by atoms with Gasteiger partial charge in [0.1, 0.15) is 12.3 Å². The summed E-state index contributed by atoms with van der Waals surface area (Å²) in [4.78, 5) is 13.0. The Bertz CT molecular complexity index is 1250. The predicted octanol–water partition coefficient (Wildman–Crippen LogP) is 5.45. The van der Waals surface area contributed by atoms with E-state index in [9.17, 15) is 13.2 Å². The first-order chi connectivity index (χ1) is 15.1. The van der Waals surface area contributed by atoms with Crippen LogP contribution in [0, 0.1) is 13.8 Å². The lowest BCUT2D eigenvalue weighted by molar-refractivity contribution is -0.114. The second-order valence-electron chi connectivity index (χ2n) is 7.15. The Morgan fingerprint density at radius 1 is 0.969 bits per heavy atom. The number of nitrogens with one attached hydrogen (secondary N) is 1. The van der Waals surface area contributed by atoms with Gasteiger partial charge in [-0.25, -0.2) is 8.42 Å². The van der Waals surface area contributed by atoms with Gasteiger partial charge in [0.05, 0.1) is 23.4 Å². The Balaban J connectivity index is 2.02. The topological polar surface area (TPSA) is 75.7 Å². The van der Waals surface area contributed by atoms with Crippen molar-refractivity contribution < 1.29 is 17.9 Å². The van der Waals surface area contributed by atoms with Crippen LogP contribution in [0.4, 0.5) is 11.4 Å². The number of benzene rings is 3. The number of sulfonamides is 1. The molecule has 0 bridgehead atoms. The molecule has 0 aliphatic rings. The van der Waals surface area contributed by atoms with E-state index < -0.39 is 22.5 Å². The number of hydrogen-bond donors (Lipinski definition) is 1. The molecule has 3 aromatic rings. The highest BCUT2D eigenvalue weighted by atomic mass is 35.5. The summed E-state index contributed by atoms with van der Waals surface area (Å²) in [6.45, 7) is 3.13. The van der Waals surface area contributed by atoms with Gasteiger partial charge in [0.2, 0.25) is 5.91 Å². The van der Waals surface area contributed by atoms with Gasteiger partial charge >= 0.3 is 0 Å². The molecule has 0 saturated carbocycles. The molecular formula is C23H22Cl2N2O4S. The molecule has 0 unspecified atom stereocenters. The van der Waals surface area contributed by atoms with E-state index in [1.807, 2.05) is 6.92 Å². The number of anilines is 2. The molecule has 1 N–H and O–H groups in total. The average Bonchev–Trinajstić information content (AvgIpc) is 2.74. The molecule has 9 heteroatoms. The summed E-state index contributed by atoms with van der Waals surface area (Å²) in [5.41, 5.74) is 2.21. The second kappa shape index (κ2) is 9.81. The van der Waals surface area contributed by atoms with Gasteiger partial charge in [-0.15, -0.1) is 0 Å². The van der Waals surface area contributed by atoms with E-state index in [-0.39, 0.29) is 4.90 Å². The van der Waals surface area contributed by atoms with Crippen LogP contribution in [0.15, 0.2) is 65.6 Å². The van der Waals surface area contributed by atoms with Crippen LogP contribution in [-0.4, -0.2) is 28.0 Å². The number of rotatable bonds is 7. The third-order valence-corrected chi connectivity index (χ3v) is 7.02. The molecule has 0 fully saturated rings. The molecule has 32 heavy (non-hydrogen) atoms. The summed E-state index contributed by atoms with van der Waals surface area (Å²) in [5, 5.41) is 3.43. The molecular weight excluding hydrogens is 471 g/mol. The third-order valence-electron chi connectivity index (χ3n) is 4.77. The molecule has 0 aliphatic carbocycles. The van der Waals surface area contributed by atoms with E-state index in [1.54, 1.807) is 43.3 Å². The fraction of sp³-hybridized carbons (Fsp3) is 0.174. The molecule has 3 aromatic carbocycles. The van der Waals surface area contributed by atoms with Crippen LogP contribution in [-0.2, 0) is 14.8 Å². The molecule has 6 nitrogen and oxygen atoms in total. The Morgan fingerprint density at radius 2 is 1.59 bits per heavy atom. The third kappa shape index (κ3) is 5.35. The minimum Gasteiger partial charge on any atom is -0.495 e. The van der Waals surface area contributed by atoms with Gasteiger partial charge in [0.15, 0.2) is 0 Å². The van der Waals surface area contributed by atoms with E-state index in [1.165, 1.54) is 31.4 Å². The molecule has 3 rings (SSSR count). The Hall–Kier alpha value is -2.74. The summed E-state index contributed by atoms with van der Waals surface area (Å²) < 4.78 is 33.4. The van der Waals surface area contributed by atoms with Crippen molar-refractivity contribution in [2.45, 2.75) is 18.7 Å². The first-order valence-corrected chi connectivity index (χ1v) is 11.8. The predicted molar refractivity (Wildman–Crippen MR) is 129 cm³/mol. The summed E-state index contributed by atoms with van der Waals surface area (Å²) in [5.74, 6) is -0.171. The largest absolute Gasteiger partial charge is 0.495 e. The van der Waals surface area contributed by atoms with Crippen LogP contribution in [0.2, 0.25) is 10.0 Å². The Kier molecular flexibility index (Phi) is 7.33. The van der Waals surface area contributed by atoms with Gasteiger partial charge < -0.3 is 10.1 Å². The number of nitrogens with zero attached hydrogens (tertiary/aromatic N) is 1. The van der Waals surface area contributed by atoms with Crippen molar-refractivity contribution in [3.05, 3.63) is 81.8 Å². The van der Waals surface area contributed by atoms with Crippen LogP contribution in [0.5, 0.6) is 5.75 Å². The Labute approximate surface area is 197 Å². The van der Waals surface area contributed by atoms with Gasteiger partial charge in [-0.2, -0.15) is 0 Å². The number of amides is 1. The van der Waals surface area contributed by atoms with E-state index in [2.05, 4.69) is 5.32 Å². The van der Waals surface area contributed by atoms with Gasteiger partial charge in [0, 0.05) is 10.0 Å². The molecule has 0 spiro atoms. The standard InChI is InChI=1S/C23H22Cl2N2O4S/c1-15-4-9-19(10-5-15)32(29,30)27(21-13-18(25)7-6-16(21)2)14-23(28)26-20-12-17(24)8-11-22(20)31-3/h4-13H,14H2,1-3H3,(H,26,28). The fourth-order valence-corrected chi connectivity index (χ4v) is 4.90. The monoisotopic (exact) mass is 492 g/mol. The van der Waals surface area contributed by atoms with Crippen molar-refractivity contribution in [3.8, 4) is 5.75 Å². The van der Waals surface area contributed by atoms with Crippen molar-refractivity contribution in [1.29, 1.82) is 0 Å². The smallest absolute Gasteiger partial charge is 0.264 e. The van der Waals surface area contributed by atoms with Crippen LogP contribution < -0.4 is 14.4 Å². The van der Waals surface area contributed by atoms with Gasteiger partial charge in [0.25, 0.3) is 10.0 Å². The number of methoxy groups -OCH3 is 1. The number of aryl methyl sites for hydroxylation is 2. The number of carbonyl (C=O) groups excluding carboxylic acids is 1. The zero-order chi connectivity index (χ0) is 23.5. The molecule has 1 amide bonds. The molecule has 0 radical (unpaired) electrons. The second-order valence-corrected chi connectivity index (χ2v) is 9.88. The van der Waals surface area contributed by atoms with Gasteiger partial charge in [-0.1, -0.05) is 47.0 Å². The zero-order valence-electron chi connectivity index (χ0n) is 17.7. The normalized spacial score (nSPS) is 11.2. The lowest BCUT2D eigenvalue weighted by Gasteiger charge is -2.26. The lowest BCUT2D eigenvalue weighted by atomic mass is 10.2. The van der Waals surface area contributed by atoms with Crippen LogP contribution >= 0.6 is 23.2 Å². The first-order valence-electron chi connectivity index (χ1n) is 9.61. The van der Waals surface area contributed by atoms with Crippen LogP contribution in [0.25, 0.3) is 0 Å². The molecule has 0 atom stereocenters. The first kappa shape index (κ1) is 23.9. The van der Waals surface area contributed by atoms with Crippen LogP contribution in [0.3, 0.4) is 0 Å². The van der Waals surface area contributed by atoms with Crippen LogP contribution in [0.1, 0.15) is 11.1 Å². The molecule has 0 saturated heterocycles.